The van der Waals surface area contributed by atoms with Gasteiger partial charge in [0.15, 0.2) is 6.61 Å². The minimum absolute atomic E-state index is 0.186. The average molecular weight is 376 g/mol. The Kier molecular flexibility index (Phi) is 6.25. The van der Waals surface area contributed by atoms with E-state index in [9.17, 15) is 9.59 Å². The summed E-state index contributed by atoms with van der Waals surface area (Å²) in [5, 5.41) is 2.74. The molecule has 0 fully saturated rings. The standard InChI is InChI=1S/C22H20N2O4/c23-22(26)17-7-4-8-20(13-17)28-15-21(25)24-18-9-11-19(12-10-18)27-14-16-5-2-1-3-6-16/h1-13H,14-15H2,(H2,23,26)(H,24,25). The molecule has 6 heteroatoms. The summed E-state index contributed by atoms with van der Waals surface area (Å²) in [6, 6.07) is 23.3. The lowest BCUT2D eigenvalue weighted by Gasteiger charge is -2.10. The second kappa shape index (κ2) is 9.23. The number of carbonyl (C=O) groups is 2. The Balaban J connectivity index is 1.47. The van der Waals surface area contributed by atoms with Gasteiger partial charge in [0.25, 0.3) is 5.91 Å². The van der Waals surface area contributed by atoms with Gasteiger partial charge in [-0.25, -0.2) is 0 Å². The molecule has 0 saturated carbocycles. The van der Waals surface area contributed by atoms with Crippen LogP contribution in [0.25, 0.3) is 0 Å². The van der Waals surface area contributed by atoms with E-state index in [1.54, 1.807) is 42.5 Å². The lowest BCUT2D eigenvalue weighted by molar-refractivity contribution is -0.118. The monoisotopic (exact) mass is 376 g/mol. The average Bonchev–Trinajstić information content (AvgIpc) is 2.73. The number of hydrogen-bond acceptors (Lipinski definition) is 4. The molecule has 3 aromatic rings. The Labute approximate surface area is 162 Å². The van der Waals surface area contributed by atoms with Crippen molar-refractivity contribution in [1.82, 2.24) is 0 Å². The maximum Gasteiger partial charge on any atom is 0.262 e. The zero-order valence-corrected chi connectivity index (χ0v) is 15.1. The fraction of sp³-hybridized carbons (Fsp3) is 0.0909. The number of nitrogens with one attached hydrogen (secondary N) is 1. The highest BCUT2D eigenvalue weighted by atomic mass is 16.5. The third-order valence-electron chi connectivity index (χ3n) is 3.87. The highest BCUT2D eigenvalue weighted by Gasteiger charge is 2.06. The maximum absolute atomic E-state index is 12.0. The van der Waals surface area contributed by atoms with Crippen LogP contribution in [0.3, 0.4) is 0 Å². The normalized spacial score (nSPS) is 10.1. The minimum Gasteiger partial charge on any atom is -0.489 e. The van der Waals surface area contributed by atoms with E-state index in [0.29, 0.717) is 29.4 Å². The summed E-state index contributed by atoms with van der Waals surface area (Å²) in [4.78, 5) is 23.2. The second-order valence-electron chi connectivity index (χ2n) is 6.03. The van der Waals surface area contributed by atoms with Gasteiger partial charge in [-0.05, 0) is 48.0 Å². The Bertz CT molecular complexity index is 940. The molecule has 28 heavy (non-hydrogen) atoms. The summed E-state index contributed by atoms with van der Waals surface area (Å²) in [6.07, 6.45) is 0. The number of carbonyl (C=O) groups excluding carboxylic acids is 2. The van der Waals surface area contributed by atoms with Crippen LogP contribution in [0.5, 0.6) is 11.5 Å². The van der Waals surface area contributed by atoms with Crippen molar-refractivity contribution in [2.24, 2.45) is 5.73 Å². The molecule has 142 valence electrons. The molecule has 0 bridgehead atoms. The van der Waals surface area contributed by atoms with Crippen LogP contribution in [0.15, 0.2) is 78.9 Å². The first-order valence-electron chi connectivity index (χ1n) is 8.69. The van der Waals surface area contributed by atoms with Gasteiger partial charge in [0.1, 0.15) is 18.1 Å². The molecule has 3 aromatic carbocycles. The van der Waals surface area contributed by atoms with Gasteiger partial charge in [-0.2, -0.15) is 0 Å². The zero-order chi connectivity index (χ0) is 19.8. The van der Waals surface area contributed by atoms with Crippen molar-refractivity contribution in [1.29, 1.82) is 0 Å². The van der Waals surface area contributed by atoms with Gasteiger partial charge in [0.2, 0.25) is 5.91 Å². The van der Waals surface area contributed by atoms with Crippen LogP contribution < -0.4 is 20.5 Å². The van der Waals surface area contributed by atoms with Crippen LogP contribution in [0.2, 0.25) is 0 Å². The summed E-state index contributed by atoms with van der Waals surface area (Å²) in [7, 11) is 0. The van der Waals surface area contributed by atoms with Crippen LogP contribution in [0.4, 0.5) is 5.69 Å². The Morgan fingerprint density at radius 1 is 0.821 bits per heavy atom. The lowest BCUT2D eigenvalue weighted by atomic mass is 10.2. The predicted octanol–water partition coefficient (Wildman–Crippen LogP) is 3.38. The molecule has 0 aliphatic heterocycles. The minimum atomic E-state index is -0.551. The van der Waals surface area contributed by atoms with Crippen molar-refractivity contribution in [3.05, 3.63) is 90.0 Å². The van der Waals surface area contributed by atoms with Crippen molar-refractivity contribution in [3.8, 4) is 11.5 Å². The number of amides is 2. The fourth-order valence-corrected chi connectivity index (χ4v) is 2.46. The van der Waals surface area contributed by atoms with Crippen LogP contribution in [-0.2, 0) is 11.4 Å². The molecule has 0 saturated heterocycles. The van der Waals surface area contributed by atoms with Gasteiger partial charge in [-0.15, -0.1) is 0 Å². The maximum atomic E-state index is 12.0. The van der Waals surface area contributed by atoms with Crippen LogP contribution >= 0.6 is 0 Å². The number of ether oxygens (including phenoxy) is 2. The van der Waals surface area contributed by atoms with Gasteiger partial charge in [-0.1, -0.05) is 36.4 Å². The number of anilines is 1. The largest absolute Gasteiger partial charge is 0.489 e. The molecule has 0 spiro atoms. The summed E-state index contributed by atoms with van der Waals surface area (Å²) < 4.78 is 11.1. The predicted molar refractivity (Wildman–Crippen MR) is 106 cm³/mol. The van der Waals surface area contributed by atoms with Gasteiger partial charge >= 0.3 is 0 Å². The third kappa shape index (κ3) is 5.60. The summed E-state index contributed by atoms with van der Waals surface area (Å²) in [6.45, 7) is 0.291. The first-order chi connectivity index (χ1) is 13.6. The molecule has 0 atom stereocenters. The molecule has 2 amide bonds. The van der Waals surface area contributed by atoms with Crippen LogP contribution in [0.1, 0.15) is 15.9 Å². The first-order valence-corrected chi connectivity index (χ1v) is 8.69. The molecular weight excluding hydrogens is 356 g/mol. The fourth-order valence-electron chi connectivity index (χ4n) is 2.46. The van der Waals surface area contributed by atoms with E-state index >= 15 is 0 Å². The molecular formula is C22H20N2O4. The van der Waals surface area contributed by atoms with Crippen molar-refractivity contribution >= 4 is 17.5 Å². The molecule has 0 aliphatic rings. The summed E-state index contributed by atoms with van der Waals surface area (Å²) in [5.74, 6) is 0.240. The van der Waals surface area contributed by atoms with Crippen molar-refractivity contribution in [2.75, 3.05) is 11.9 Å². The number of primary amides is 1. The van der Waals surface area contributed by atoms with E-state index in [1.807, 2.05) is 30.3 Å². The Morgan fingerprint density at radius 3 is 2.29 bits per heavy atom. The van der Waals surface area contributed by atoms with Crippen molar-refractivity contribution in [3.63, 3.8) is 0 Å². The Hall–Kier alpha value is -3.80. The van der Waals surface area contributed by atoms with E-state index < -0.39 is 5.91 Å². The first kappa shape index (κ1) is 19.0. The van der Waals surface area contributed by atoms with E-state index in [0.717, 1.165) is 5.56 Å². The lowest BCUT2D eigenvalue weighted by Crippen LogP contribution is -2.20. The van der Waals surface area contributed by atoms with Crippen molar-refractivity contribution in [2.45, 2.75) is 6.61 Å². The molecule has 3 N–H and O–H groups in total. The second-order valence-corrected chi connectivity index (χ2v) is 6.03. The summed E-state index contributed by atoms with van der Waals surface area (Å²) in [5.41, 5.74) is 7.26. The highest BCUT2D eigenvalue weighted by molar-refractivity contribution is 5.93. The van der Waals surface area contributed by atoms with E-state index in [4.69, 9.17) is 15.2 Å². The van der Waals surface area contributed by atoms with Crippen molar-refractivity contribution < 1.29 is 19.1 Å². The quantitative estimate of drug-likeness (QED) is 0.631. The highest BCUT2D eigenvalue weighted by Crippen LogP contribution is 2.17. The smallest absolute Gasteiger partial charge is 0.262 e. The summed E-state index contributed by atoms with van der Waals surface area (Å²) >= 11 is 0. The van der Waals surface area contributed by atoms with Crippen LogP contribution in [-0.4, -0.2) is 18.4 Å². The number of benzene rings is 3. The molecule has 0 heterocycles. The van der Waals surface area contributed by atoms with Gasteiger partial charge in [-0.3, -0.25) is 9.59 Å². The molecule has 0 aliphatic carbocycles. The van der Waals surface area contributed by atoms with Gasteiger partial charge in [0.05, 0.1) is 0 Å². The van der Waals surface area contributed by atoms with Gasteiger partial charge < -0.3 is 20.5 Å². The molecule has 3 rings (SSSR count). The van der Waals surface area contributed by atoms with Crippen LogP contribution in [0, 0.1) is 0 Å². The molecule has 6 nitrogen and oxygen atoms in total. The van der Waals surface area contributed by atoms with E-state index in [2.05, 4.69) is 5.32 Å². The van der Waals surface area contributed by atoms with Gasteiger partial charge in [0, 0.05) is 11.3 Å². The topological polar surface area (TPSA) is 90.7 Å². The Morgan fingerprint density at radius 2 is 1.57 bits per heavy atom. The number of rotatable bonds is 8. The molecule has 0 aromatic heterocycles. The number of hydrogen-bond donors (Lipinski definition) is 2. The number of nitrogens with two attached hydrogens (primary N) is 1. The third-order valence-corrected chi connectivity index (χ3v) is 3.87. The van der Waals surface area contributed by atoms with E-state index in [-0.39, 0.29) is 12.5 Å². The molecule has 0 radical (unpaired) electrons. The van der Waals surface area contributed by atoms with E-state index in [1.165, 1.54) is 6.07 Å². The zero-order valence-electron chi connectivity index (χ0n) is 15.1. The molecule has 0 unspecified atom stereocenters. The SMILES string of the molecule is NC(=O)c1cccc(OCC(=O)Nc2ccc(OCc3ccccc3)cc2)c1.